The van der Waals surface area contributed by atoms with Gasteiger partial charge in [-0.2, -0.15) is 0 Å². The van der Waals surface area contributed by atoms with E-state index in [4.69, 9.17) is 9.94 Å². The maximum atomic E-state index is 10.1. The minimum Gasteiger partial charge on any atom is -0.507 e. The summed E-state index contributed by atoms with van der Waals surface area (Å²) in [5, 5.41) is 18.8. The summed E-state index contributed by atoms with van der Waals surface area (Å²) in [4.78, 5) is 0. The molecule has 4 nitrogen and oxygen atoms in total. The Morgan fingerprint density at radius 3 is 2.38 bits per heavy atom. The number of methoxy groups -OCH3 is 1. The topological polar surface area (TPSA) is 61.7 Å². The van der Waals surface area contributed by atoms with Gasteiger partial charge in [0.05, 0.1) is 7.11 Å². The third-order valence-corrected chi connectivity index (χ3v) is 2.48. The third kappa shape index (κ3) is 2.65. The van der Waals surface area contributed by atoms with Crippen molar-refractivity contribution in [2.75, 3.05) is 7.11 Å². The Balaban J connectivity index is 3.31. The largest absolute Gasteiger partial charge is 0.507 e. The summed E-state index contributed by atoms with van der Waals surface area (Å²) in [6.45, 7) is 6.22. The van der Waals surface area contributed by atoms with Gasteiger partial charge < -0.3 is 15.1 Å². The van der Waals surface area contributed by atoms with E-state index >= 15 is 0 Å². The highest BCUT2D eigenvalue weighted by molar-refractivity contribution is 5.49. The van der Waals surface area contributed by atoms with E-state index < -0.39 is 0 Å². The highest BCUT2D eigenvalue weighted by Crippen LogP contribution is 2.36. The molecule has 0 radical (unpaired) electrons. The van der Waals surface area contributed by atoms with Crippen molar-refractivity contribution in [3.63, 3.8) is 0 Å². The molecule has 1 aromatic carbocycles. The summed E-state index contributed by atoms with van der Waals surface area (Å²) >= 11 is 0. The molecule has 90 valence electrons. The normalized spacial score (nSPS) is 11.6. The van der Waals surface area contributed by atoms with Crippen LogP contribution in [0, 0.1) is 0 Å². The first kappa shape index (κ1) is 12.8. The lowest BCUT2D eigenvalue weighted by molar-refractivity contribution is 0.160. The van der Waals surface area contributed by atoms with E-state index in [1.807, 2.05) is 32.3 Å². The molecule has 0 aliphatic rings. The van der Waals surface area contributed by atoms with Crippen molar-refractivity contribution < 1.29 is 15.1 Å². The second kappa shape index (κ2) is 4.72. The van der Waals surface area contributed by atoms with Crippen molar-refractivity contribution in [3.8, 4) is 11.5 Å². The third-order valence-electron chi connectivity index (χ3n) is 2.48. The Hall–Kier alpha value is -1.26. The molecule has 0 atom stereocenters. The van der Waals surface area contributed by atoms with Gasteiger partial charge in [0.2, 0.25) is 0 Å². The number of hydrogen-bond acceptors (Lipinski definition) is 4. The molecular weight excluding hydrogens is 206 g/mol. The minimum absolute atomic E-state index is 0.178. The van der Waals surface area contributed by atoms with Gasteiger partial charge in [-0.25, -0.2) is 5.48 Å². The summed E-state index contributed by atoms with van der Waals surface area (Å²) in [6.07, 6.45) is 0. The molecule has 1 aromatic rings. The summed E-state index contributed by atoms with van der Waals surface area (Å²) < 4.78 is 5.17. The molecule has 0 saturated heterocycles. The zero-order chi connectivity index (χ0) is 12.3. The Kier molecular flexibility index (Phi) is 3.78. The molecule has 0 spiro atoms. The van der Waals surface area contributed by atoms with Gasteiger partial charge in [0, 0.05) is 17.7 Å². The zero-order valence-corrected chi connectivity index (χ0v) is 10.2. The number of hydrogen-bond donors (Lipinski definition) is 3. The van der Waals surface area contributed by atoms with Crippen LogP contribution >= 0.6 is 0 Å². The van der Waals surface area contributed by atoms with Crippen molar-refractivity contribution >= 4 is 0 Å². The second-order valence-corrected chi connectivity index (χ2v) is 4.77. The lowest BCUT2D eigenvalue weighted by Gasteiger charge is -2.23. The lowest BCUT2D eigenvalue weighted by Crippen LogP contribution is -2.14. The molecule has 0 heterocycles. The summed E-state index contributed by atoms with van der Waals surface area (Å²) in [6, 6.07) is 3.52. The highest BCUT2D eigenvalue weighted by Gasteiger charge is 2.21. The van der Waals surface area contributed by atoms with Crippen LogP contribution in [0.25, 0.3) is 0 Å². The SMILES string of the molecule is COc1cc(CNO)c(O)c(C(C)(C)C)c1. The molecular formula is C12H19NO3. The number of benzene rings is 1. The van der Waals surface area contributed by atoms with Crippen LogP contribution in [0.5, 0.6) is 11.5 Å². The van der Waals surface area contributed by atoms with Crippen LogP contribution in [0.3, 0.4) is 0 Å². The number of aromatic hydroxyl groups is 1. The first-order valence-corrected chi connectivity index (χ1v) is 5.17. The first-order valence-electron chi connectivity index (χ1n) is 5.17. The van der Waals surface area contributed by atoms with Crippen LogP contribution in [-0.4, -0.2) is 17.4 Å². The van der Waals surface area contributed by atoms with Gasteiger partial charge in [-0.05, 0) is 17.5 Å². The fourth-order valence-electron chi connectivity index (χ4n) is 1.57. The monoisotopic (exact) mass is 225 g/mol. The van der Waals surface area contributed by atoms with Gasteiger partial charge >= 0.3 is 0 Å². The first-order chi connectivity index (χ1) is 7.40. The van der Waals surface area contributed by atoms with E-state index in [0.29, 0.717) is 11.3 Å². The average molecular weight is 225 g/mol. The fraction of sp³-hybridized carbons (Fsp3) is 0.500. The van der Waals surface area contributed by atoms with Gasteiger partial charge in [-0.15, -0.1) is 0 Å². The predicted octanol–water partition coefficient (Wildman–Crippen LogP) is 2.18. The smallest absolute Gasteiger partial charge is 0.124 e. The van der Waals surface area contributed by atoms with Crippen LogP contribution in [0.4, 0.5) is 0 Å². The van der Waals surface area contributed by atoms with Gasteiger partial charge in [0.15, 0.2) is 0 Å². The molecule has 16 heavy (non-hydrogen) atoms. The van der Waals surface area contributed by atoms with E-state index in [1.165, 1.54) is 0 Å². The summed E-state index contributed by atoms with van der Waals surface area (Å²) in [7, 11) is 1.58. The van der Waals surface area contributed by atoms with Crippen molar-refractivity contribution in [3.05, 3.63) is 23.3 Å². The molecule has 0 aliphatic heterocycles. The Labute approximate surface area is 95.8 Å². The van der Waals surface area contributed by atoms with Crippen LogP contribution < -0.4 is 10.2 Å². The highest BCUT2D eigenvalue weighted by atomic mass is 16.5. The quantitative estimate of drug-likeness (QED) is 0.690. The predicted molar refractivity (Wildman–Crippen MR) is 62.0 cm³/mol. The lowest BCUT2D eigenvalue weighted by atomic mass is 9.85. The molecule has 0 aromatic heterocycles. The summed E-state index contributed by atoms with van der Waals surface area (Å²) in [5.41, 5.74) is 3.28. The molecule has 1 rings (SSSR count). The van der Waals surface area contributed by atoms with Gasteiger partial charge in [0.25, 0.3) is 0 Å². The molecule has 0 aliphatic carbocycles. The molecule has 0 unspecified atom stereocenters. The van der Waals surface area contributed by atoms with Crippen LogP contribution in [0.1, 0.15) is 31.9 Å². The van der Waals surface area contributed by atoms with Crippen molar-refractivity contribution in [2.24, 2.45) is 0 Å². The van der Waals surface area contributed by atoms with Crippen LogP contribution in [-0.2, 0) is 12.0 Å². The Morgan fingerprint density at radius 1 is 1.31 bits per heavy atom. The van der Waals surface area contributed by atoms with Gasteiger partial charge in [0.1, 0.15) is 11.5 Å². The zero-order valence-electron chi connectivity index (χ0n) is 10.2. The number of phenolic OH excluding ortho intramolecular Hbond substituents is 1. The second-order valence-electron chi connectivity index (χ2n) is 4.77. The van der Waals surface area contributed by atoms with Crippen LogP contribution in [0.15, 0.2) is 12.1 Å². The van der Waals surface area contributed by atoms with E-state index in [-0.39, 0.29) is 17.7 Å². The summed E-state index contributed by atoms with van der Waals surface area (Å²) in [5.74, 6) is 0.878. The maximum Gasteiger partial charge on any atom is 0.124 e. The molecule has 0 amide bonds. The Bertz CT molecular complexity index is 369. The van der Waals surface area contributed by atoms with Crippen molar-refractivity contribution in [1.29, 1.82) is 0 Å². The van der Waals surface area contributed by atoms with E-state index in [1.54, 1.807) is 13.2 Å². The van der Waals surface area contributed by atoms with Gasteiger partial charge in [-0.1, -0.05) is 20.8 Å². The molecule has 3 N–H and O–H groups in total. The average Bonchev–Trinajstić information content (AvgIpc) is 2.19. The number of hydroxylamine groups is 1. The van der Waals surface area contributed by atoms with Gasteiger partial charge in [-0.3, -0.25) is 0 Å². The van der Waals surface area contributed by atoms with E-state index in [9.17, 15) is 5.11 Å². The Morgan fingerprint density at radius 2 is 1.94 bits per heavy atom. The standard InChI is InChI=1S/C12H19NO3/c1-12(2,3)10-6-9(16-4)5-8(7-13-15)11(10)14/h5-6,13-15H,7H2,1-4H3. The number of ether oxygens (including phenoxy) is 1. The molecule has 0 saturated carbocycles. The van der Waals surface area contributed by atoms with Crippen molar-refractivity contribution in [2.45, 2.75) is 32.7 Å². The molecule has 4 heteroatoms. The molecule has 0 bridgehead atoms. The maximum absolute atomic E-state index is 10.1. The number of nitrogens with one attached hydrogen (secondary N) is 1. The van der Waals surface area contributed by atoms with E-state index in [2.05, 4.69) is 0 Å². The molecule has 0 fully saturated rings. The van der Waals surface area contributed by atoms with E-state index in [0.717, 1.165) is 5.56 Å². The van der Waals surface area contributed by atoms with Crippen LogP contribution in [0.2, 0.25) is 0 Å². The minimum atomic E-state index is -0.178. The fourth-order valence-corrected chi connectivity index (χ4v) is 1.57. The number of rotatable bonds is 3. The van der Waals surface area contributed by atoms with Crippen molar-refractivity contribution in [1.82, 2.24) is 5.48 Å². The number of phenols is 1.